The summed E-state index contributed by atoms with van der Waals surface area (Å²) in [5, 5.41) is 3.14. The first-order chi connectivity index (χ1) is 12.1. The van der Waals surface area contributed by atoms with E-state index in [9.17, 15) is 8.42 Å². The Kier molecular flexibility index (Phi) is 5.52. The van der Waals surface area contributed by atoms with E-state index in [0.717, 1.165) is 11.4 Å². The molecule has 0 unspecified atom stereocenters. The number of hydrogen-bond acceptors (Lipinski definition) is 6. The highest BCUT2D eigenvalue weighted by molar-refractivity contribution is 7.89. The Morgan fingerprint density at radius 2 is 1.88 bits per heavy atom. The summed E-state index contributed by atoms with van der Waals surface area (Å²) in [6.45, 7) is 4.13. The van der Waals surface area contributed by atoms with Gasteiger partial charge in [0, 0.05) is 25.0 Å². The van der Waals surface area contributed by atoms with Gasteiger partial charge in [0.2, 0.25) is 10.0 Å². The van der Waals surface area contributed by atoms with Crippen molar-refractivity contribution < 1.29 is 17.9 Å². The van der Waals surface area contributed by atoms with Crippen LogP contribution < -0.4 is 10.1 Å². The van der Waals surface area contributed by atoms with Crippen molar-refractivity contribution in [2.75, 3.05) is 38.2 Å². The van der Waals surface area contributed by atoms with Gasteiger partial charge in [-0.05, 0) is 43.3 Å². The van der Waals surface area contributed by atoms with Gasteiger partial charge < -0.3 is 14.8 Å². The van der Waals surface area contributed by atoms with Crippen molar-refractivity contribution in [3.63, 3.8) is 0 Å². The average Bonchev–Trinajstić information content (AvgIpc) is 2.65. The van der Waals surface area contributed by atoms with Crippen LogP contribution in [0.5, 0.6) is 5.75 Å². The quantitative estimate of drug-likeness (QED) is 0.848. The highest BCUT2D eigenvalue weighted by Crippen LogP contribution is 2.21. The molecule has 0 bridgehead atoms. The number of morpholine rings is 1. The Morgan fingerprint density at radius 1 is 1.16 bits per heavy atom. The summed E-state index contributed by atoms with van der Waals surface area (Å²) in [5.74, 6) is 1.37. The van der Waals surface area contributed by atoms with Gasteiger partial charge >= 0.3 is 0 Å². The molecule has 3 rings (SSSR count). The maximum absolute atomic E-state index is 12.6. The zero-order valence-corrected chi connectivity index (χ0v) is 14.8. The van der Waals surface area contributed by atoms with Gasteiger partial charge in [-0.3, -0.25) is 0 Å². The molecule has 0 saturated carbocycles. The van der Waals surface area contributed by atoms with E-state index >= 15 is 0 Å². The van der Waals surface area contributed by atoms with Crippen LogP contribution >= 0.6 is 0 Å². The number of sulfonamides is 1. The Hall–Kier alpha value is -2.16. The summed E-state index contributed by atoms with van der Waals surface area (Å²) >= 11 is 0. The first-order valence-electron chi connectivity index (χ1n) is 8.13. The number of nitrogens with one attached hydrogen (secondary N) is 1. The van der Waals surface area contributed by atoms with Crippen LogP contribution in [0.1, 0.15) is 6.92 Å². The second kappa shape index (κ2) is 7.81. The SMILES string of the molecule is CCOc1ccc(Nc2ccc(S(=O)(=O)N3CCOCC3)cn2)cc1. The fourth-order valence-corrected chi connectivity index (χ4v) is 3.85. The number of hydrogen-bond donors (Lipinski definition) is 1. The molecule has 1 aliphatic rings. The maximum atomic E-state index is 12.6. The third kappa shape index (κ3) is 4.28. The Morgan fingerprint density at radius 3 is 2.48 bits per heavy atom. The molecule has 0 radical (unpaired) electrons. The van der Waals surface area contributed by atoms with E-state index in [1.807, 2.05) is 31.2 Å². The topological polar surface area (TPSA) is 80.8 Å². The molecule has 1 fully saturated rings. The number of benzene rings is 1. The van der Waals surface area contributed by atoms with E-state index in [-0.39, 0.29) is 4.90 Å². The van der Waals surface area contributed by atoms with Gasteiger partial charge in [0.1, 0.15) is 16.5 Å². The molecule has 134 valence electrons. The molecule has 1 saturated heterocycles. The summed E-state index contributed by atoms with van der Waals surface area (Å²) in [6, 6.07) is 10.7. The van der Waals surface area contributed by atoms with Crippen LogP contribution in [0.4, 0.5) is 11.5 Å². The molecule has 8 heteroatoms. The lowest BCUT2D eigenvalue weighted by molar-refractivity contribution is 0.0730. The lowest BCUT2D eigenvalue weighted by atomic mass is 10.3. The van der Waals surface area contributed by atoms with E-state index in [1.54, 1.807) is 12.1 Å². The molecule has 25 heavy (non-hydrogen) atoms. The largest absolute Gasteiger partial charge is 0.494 e. The van der Waals surface area contributed by atoms with Gasteiger partial charge in [0.05, 0.1) is 19.8 Å². The molecule has 0 aliphatic carbocycles. The summed E-state index contributed by atoms with van der Waals surface area (Å²) in [7, 11) is -3.52. The van der Waals surface area contributed by atoms with Crippen molar-refractivity contribution in [3.05, 3.63) is 42.6 Å². The minimum atomic E-state index is -3.52. The number of anilines is 2. The fourth-order valence-electron chi connectivity index (χ4n) is 2.49. The molecule has 7 nitrogen and oxygen atoms in total. The molecule has 1 aromatic carbocycles. The van der Waals surface area contributed by atoms with Gasteiger partial charge in [-0.15, -0.1) is 0 Å². The van der Waals surface area contributed by atoms with Crippen molar-refractivity contribution in [2.45, 2.75) is 11.8 Å². The number of nitrogens with zero attached hydrogens (tertiary/aromatic N) is 2. The normalized spacial score (nSPS) is 15.7. The molecule has 2 heterocycles. The highest BCUT2D eigenvalue weighted by atomic mass is 32.2. The third-order valence-corrected chi connectivity index (χ3v) is 5.66. The minimum Gasteiger partial charge on any atom is -0.494 e. The van der Waals surface area contributed by atoms with Gasteiger partial charge in [0.15, 0.2) is 0 Å². The Balaban J connectivity index is 1.69. The highest BCUT2D eigenvalue weighted by Gasteiger charge is 2.26. The average molecular weight is 363 g/mol. The van der Waals surface area contributed by atoms with Crippen molar-refractivity contribution in [1.82, 2.24) is 9.29 Å². The molecule has 1 aromatic heterocycles. The van der Waals surface area contributed by atoms with Crippen LogP contribution in [0.25, 0.3) is 0 Å². The zero-order valence-electron chi connectivity index (χ0n) is 14.0. The van der Waals surface area contributed by atoms with Gasteiger partial charge in [0.25, 0.3) is 0 Å². The smallest absolute Gasteiger partial charge is 0.244 e. The predicted octanol–water partition coefficient (Wildman–Crippen LogP) is 2.24. The van der Waals surface area contributed by atoms with E-state index in [1.165, 1.54) is 10.5 Å². The van der Waals surface area contributed by atoms with Crippen LogP contribution in [-0.4, -0.2) is 50.6 Å². The summed E-state index contributed by atoms with van der Waals surface area (Å²) in [6.07, 6.45) is 1.38. The molecule has 1 aliphatic heterocycles. The molecule has 2 aromatic rings. The third-order valence-electron chi connectivity index (χ3n) is 3.78. The predicted molar refractivity (Wildman–Crippen MR) is 94.7 cm³/mol. The lowest BCUT2D eigenvalue weighted by Gasteiger charge is -2.25. The monoisotopic (exact) mass is 363 g/mol. The molecule has 0 amide bonds. The fraction of sp³-hybridized carbons (Fsp3) is 0.353. The van der Waals surface area contributed by atoms with E-state index in [2.05, 4.69) is 10.3 Å². The second-order valence-corrected chi connectivity index (χ2v) is 7.42. The number of rotatable bonds is 6. The van der Waals surface area contributed by atoms with Crippen molar-refractivity contribution >= 4 is 21.5 Å². The lowest BCUT2D eigenvalue weighted by Crippen LogP contribution is -2.40. The zero-order chi connectivity index (χ0) is 17.7. The molecule has 0 atom stereocenters. The molecule has 0 spiro atoms. The summed E-state index contributed by atoms with van der Waals surface area (Å²) in [5.41, 5.74) is 0.847. The first-order valence-corrected chi connectivity index (χ1v) is 9.57. The van der Waals surface area contributed by atoms with Crippen LogP contribution in [0.15, 0.2) is 47.5 Å². The number of ether oxygens (including phenoxy) is 2. The van der Waals surface area contributed by atoms with E-state index < -0.39 is 10.0 Å². The Bertz CT molecular complexity index is 786. The van der Waals surface area contributed by atoms with E-state index in [4.69, 9.17) is 9.47 Å². The standard InChI is InChI=1S/C17H21N3O4S/c1-2-24-15-5-3-14(4-6-15)19-17-8-7-16(13-18-17)25(21,22)20-9-11-23-12-10-20/h3-8,13H,2,9-12H2,1H3,(H,18,19). The van der Waals surface area contributed by atoms with Crippen LogP contribution in [0.2, 0.25) is 0 Å². The number of pyridine rings is 1. The summed E-state index contributed by atoms with van der Waals surface area (Å²) in [4.78, 5) is 4.40. The van der Waals surface area contributed by atoms with Gasteiger partial charge in [-0.25, -0.2) is 13.4 Å². The first kappa shape index (κ1) is 17.7. The minimum absolute atomic E-state index is 0.187. The molecular formula is C17H21N3O4S. The van der Waals surface area contributed by atoms with Crippen molar-refractivity contribution in [2.24, 2.45) is 0 Å². The second-order valence-electron chi connectivity index (χ2n) is 5.48. The van der Waals surface area contributed by atoms with Gasteiger partial charge in [-0.2, -0.15) is 4.31 Å². The van der Waals surface area contributed by atoms with Crippen LogP contribution in [0.3, 0.4) is 0 Å². The Labute approximate surface area is 147 Å². The maximum Gasteiger partial charge on any atom is 0.244 e. The van der Waals surface area contributed by atoms with E-state index in [0.29, 0.717) is 38.7 Å². The summed E-state index contributed by atoms with van der Waals surface area (Å²) < 4.78 is 37.1. The van der Waals surface area contributed by atoms with Crippen molar-refractivity contribution in [3.8, 4) is 5.75 Å². The van der Waals surface area contributed by atoms with Crippen LogP contribution in [0, 0.1) is 0 Å². The van der Waals surface area contributed by atoms with Gasteiger partial charge in [-0.1, -0.05) is 0 Å². The molecule has 1 N–H and O–H groups in total. The van der Waals surface area contributed by atoms with Crippen LogP contribution in [-0.2, 0) is 14.8 Å². The molecular weight excluding hydrogens is 342 g/mol. The van der Waals surface area contributed by atoms with Crippen molar-refractivity contribution in [1.29, 1.82) is 0 Å². The number of aromatic nitrogens is 1.